The highest BCUT2D eigenvalue weighted by molar-refractivity contribution is 7.92. The Kier molecular flexibility index (Phi) is 3.99. The van der Waals surface area contributed by atoms with Gasteiger partial charge in [0.1, 0.15) is 5.82 Å². The van der Waals surface area contributed by atoms with Crippen molar-refractivity contribution in [2.45, 2.75) is 4.90 Å². The van der Waals surface area contributed by atoms with Gasteiger partial charge in [0.05, 0.1) is 26.6 Å². The molecule has 0 aliphatic carbocycles. The number of imidazole rings is 1. The molecule has 0 bridgehead atoms. The molecular weight excluding hydrogens is 378 g/mol. The standard InChI is InChI=1S/C17H12ClN3O2S2/c18-13-3-1-2-4-14(13)21-25(22,23)12-5-6-15-16(9-12)20-17(19-15)11-7-8-24-10-11/h1-10,21H,(H,19,20). The molecule has 2 aromatic heterocycles. The van der Waals surface area contributed by atoms with E-state index in [1.165, 1.54) is 6.07 Å². The normalized spacial score (nSPS) is 11.7. The molecule has 0 radical (unpaired) electrons. The van der Waals surface area contributed by atoms with E-state index in [4.69, 9.17) is 11.6 Å². The smallest absolute Gasteiger partial charge is 0.262 e. The van der Waals surface area contributed by atoms with E-state index in [1.807, 2.05) is 16.8 Å². The van der Waals surface area contributed by atoms with Crippen LogP contribution in [0.15, 0.2) is 64.2 Å². The Morgan fingerprint density at radius 1 is 1.12 bits per heavy atom. The number of hydrogen-bond donors (Lipinski definition) is 2. The Balaban J connectivity index is 1.72. The predicted molar refractivity (Wildman–Crippen MR) is 102 cm³/mol. The van der Waals surface area contributed by atoms with E-state index in [2.05, 4.69) is 14.7 Å². The lowest BCUT2D eigenvalue weighted by Crippen LogP contribution is -2.13. The van der Waals surface area contributed by atoms with E-state index in [0.29, 0.717) is 27.6 Å². The third kappa shape index (κ3) is 3.13. The average molecular weight is 390 g/mol. The van der Waals surface area contributed by atoms with Gasteiger partial charge in [0, 0.05) is 10.9 Å². The molecule has 5 nitrogen and oxygen atoms in total. The molecule has 25 heavy (non-hydrogen) atoms. The average Bonchev–Trinajstić information content (AvgIpc) is 3.25. The van der Waals surface area contributed by atoms with Gasteiger partial charge in [0.25, 0.3) is 10.0 Å². The molecule has 2 heterocycles. The maximum Gasteiger partial charge on any atom is 0.262 e. The number of thiophene rings is 1. The van der Waals surface area contributed by atoms with Gasteiger partial charge in [-0.1, -0.05) is 23.7 Å². The van der Waals surface area contributed by atoms with Crippen molar-refractivity contribution in [1.29, 1.82) is 0 Å². The quantitative estimate of drug-likeness (QED) is 0.529. The van der Waals surface area contributed by atoms with E-state index in [1.54, 1.807) is 47.7 Å². The van der Waals surface area contributed by atoms with E-state index < -0.39 is 10.0 Å². The third-order valence-electron chi connectivity index (χ3n) is 3.68. The summed E-state index contributed by atoms with van der Waals surface area (Å²) < 4.78 is 27.8. The zero-order chi connectivity index (χ0) is 17.4. The Hall–Kier alpha value is -2.35. The molecule has 0 fully saturated rings. The van der Waals surface area contributed by atoms with Crippen molar-refractivity contribution in [3.05, 3.63) is 64.3 Å². The number of benzene rings is 2. The molecule has 4 rings (SSSR count). The summed E-state index contributed by atoms with van der Waals surface area (Å²) in [4.78, 5) is 7.79. The molecule has 0 unspecified atom stereocenters. The monoisotopic (exact) mass is 389 g/mol. The van der Waals surface area contributed by atoms with Gasteiger partial charge in [-0.25, -0.2) is 13.4 Å². The first-order valence-corrected chi connectivity index (χ1v) is 10.1. The second kappa shape index (κ2) is 6.18. The number of rotatable bonds is 4. The molecule has 0 atom stereocenters. The minimum Gasteiger partial charge on any atom is -0.338 e. The van der Waals surface area contributed by atoms with Crippen molar-refractivity contribution in [1.82, 2.24) is 9.97 Å². The highest BCUT2D eigenvalue weighted by Gasteiger charge is 2.17. The first kappa shape index (κ1) is 16.1. The van der Waals surface area contributed by atoms with E-state index >= 15 is 0 Å². The van der Waals surface area contributed by atoms with Crippen LogP contribution in [0, 0.1) is 0 Å². The van der Waals surface area contributed by atoms with E-state index in [-0.39, 0.29) is 4.90 Å². The van der Waals surface area contributed by atoms with Crippen LogP contribution in [0.25, 0.3) is 22.4 Å². The van der Waals surface area contributed by atoms with Gasteiger partial charge < -0.3 is 4.98 Å². The maximum atomic E-state index is 12.6. The maximum absolute atomic E-state index is 12.6. The fourth-order valence-electron chi connectivity index (χ4n) is 2.44. The molecule has 8 heteroatoms. The van der Waals surface area contributed by atoms with Crippen LogP contribution in [0.4, 0.5) is 5.69 Å². The fraction of sp³-hybridized carbons (Fsp3) is 0. The molecule has 0 aliphatic rings. The Labute approximate surface area is 153 Å². The van der Waals surface area contributed by atoms with Gasteiger partial charge in [-0.05, 0) is 41.8 Å². The van der Waals surface area contributed by atoms with Crippen LogP contribution in [0.5, 0.6) is 0 Å². The Bertz CT molecular complexity index is 1150. The molecule has 0 aliphatic heterocycles. The number of aromatic amines is 1. The molecule has 0 saturated carbocycles. The number of fused-ring (bicyclic) bond motifs is 1. The molecule has 4 aromatic rings. The number of sulfonamides is 1. The Morgan fingerprint density at radius 2 is 1.96 bits per heavy atom. The van der Waals surface area contributed by atoms with Crippen LogP contribution in [0.2, 0.25) is 5.02 Å². The van der Waals surface area contributed by atoms with Gasteiger partial charge in [0.15, 0.2) is 0 Å². The molecule has 0 saturated heterocycles. The van der Waals surface area contributed by atoms with Crippen LogP contribution >= 0.6 is 22.9 Å². The minimum atomic E-state index is -3.75. The van der Waals surface area contributed by atoms with Crippen molar-refractivity contribution in [2.24, 2.45) is 0 Å². The number of anilines is 1. The van der Waals surface area contributed by atoms with Gasteiger partial charge in [-0.15, -0.1) is 0 Å². The lowest BCUT2D eigenvalue weighted by Gasteiger charge is -2.09. The van der Waals surface area contributed by atoms with Crippen molar-refractivity contribution in [3.63, 3.8) is 0 Å². The summed E-state index contributed by atoms with van der Waals surface area (Å²) in [6, 6.07) is 13.4. The number of nitrogens with zero attached hydrogens (tertiary/aromatic N) is 1. The summed E-state index contributed by atoms with van der Waals surface area (Å²) in [5.41, 5.74) is 2.67. The second-order valence-corrected chi connectivity index (χ2v) is 8.23. The summed E-state index contributed by atoms with van der Waals surface area (Å²) >= 11 is 7.61. The molecule has 2 N–H and O–H groups in total. The predicted octanol–water partition coefficient (Wildman–Crippen LogP) is 4.75. The number of para-hydroxylation sites is 1. The van der Waals surface area contributed by atoms with Crippen LogP contribution in [-0.4, -0.2) is 18.4 Å². The lowest BCUT2D eigenvalue weighted by atomic mass is 10.3. The van der Waals surface area contributed by atoms with Gasteiger partial charge >= 0.3 is 0 Å². The van der Waals surface area contributed by atoms with Crippen LogP contribution in [0.3, 0.4) is 0 Å². The Morgan fingerprint density at radius 3 is 2.72 bits per heavy atom. The zero-order valence-corrected chi connectivity index (χ0v) is 15.1. The number of aromatic nitrogens is 2. The van der Waals surface area contributed by atoms with Gasteiger partial charge in [-0.2, -0.15) is 11.3 Å². The molecule has 0 amide bonds. The number of nitrogens with one attached hydrogen (secondary N) is 2. The molecule has 0 spiro atoms. The fourth-order valence-corrected chi connectivity index (χ4v) is 4.42. The summed E-state index contributed by atoms with van der Waals surface area (Å²) in [5, 5.41) is 4.29. The molecular formula is C17H12ClN3O2S2. The first-order valence-electron chi connectivity index (χ1n) is 7.33. The van der Waals surface area contributed by atoms with Crippen molar-refractivity contribution >= 4 is 49.7 Å². The third-order valence-corrected chi connectivity index (χ3v) is 6.05. The van der Waals surface area contributed by atoms with Crippen molar-refractivity contribution in [2.75, 3.05) is 4.72 Å². The summed E-state index contributed by atoms with van der Waals surface area (Å²) in [6.07, 6.45) is 0. The highest BCUT2D eigenvalue weighted by atomic mass is 35.5. The van der Waals surface area contributed by atoms with Crippen molar-refractivity contribution < 1.29 is 8.42 Å². The minimum absolute atomic E-state index is 0.139. The SMILES string of the molecule is O=S(=O)(Nc1ccccc1Cl)c1ccc2nc(-c3ccsc3)[nH]c2c1. The summed E-state index contributed by atoms with van der Waals surface area (Å²) in [7, 11) is -3.75. The van der Waals surface area contributed by atoms with Gasteiger partial charge in [-0.3, -0.25) is 4.72 Å². The van der Waals surface area contributed by atoms with Gasteiger partial charge in [0.2, 0.25) is 0 Å². The van der Waals surface area contributed by atoms with E-state index in [9.17, 15) is 8.42 Å². The zero-order valence-electron chi connectivity index (χ0n) is 12.7. The van der Waals surface area contributed by atoms with Crippen LogP contribution in [-0.2, 0) is 10.0 Å². The topological polar surface area (TPSA) is 74.8 Å². The highest BCUT2D eigenvalue weighted by Crippen LogP contribution is 2.27. The lowest BCUT2D eigenvalue weighted by molar-refractivity contribution is 0.601. The summed E-state index contributed by atoms with van der Waals surface area (Å²) in [5.74, 6) is 0.713. The molecule has 2 aromatic carbocycles. The molecule has 126 valence electrons. The first-order chi connectivity index (χ1) is 12.0. The van der Waals surface area contributed by atoms with Crippen molar-refractivity contribution in [3.8, 4) is 11.4 Å². The van der Waals surface area contributed by atoms with Crippen LogP contribution < -0.4 is 4.72 Å². The largest absolute Gasteiger partial charge is 0.338 e. The number of hydrogen-bond acceptors (Lipinski definition) is 4. The summed E-state index contributed by atoms with van der Waals surface area (Å²) in [6.45, 7) is 0. The van der Waals surface area contributed by atoms with E-state index in [0.717, 1.165) is 5.56 Å². The van der Waals surface area contributed by atoms with Crippen LogP contribution in [0.1, 0.15) is 0 Å². The number of halogens is 1. The number of H-pyrrole nitrogens is 1. The second-order valence-electron chi connectivity index (χ2n) is 5.36.